The fourth-order valence-electron chi connectivity index (χ4n) is 0. The van der Waals surface area contributed by atoms with E-state index < -0.39 is 0 Å². The normalized spacial score (nSPS) is 4.50. The van der Waals surface area contributed by atoms with E-state index in [4.69, 9.17) is 0 Å². The molecule has 0 saturated carbocycles. The third-order valence-corrected chi connectivity index (χ3v) is 0. The standard InChI is InChI=1S/C3H7.Na.H/c1-3-2;;/h3H,1-2H3;;. The number of hydrogen-bond donors (Lipinski definition) is 0. The summed E-state index contributed by atoms with van der Waals surface area (Å²) in [4.78, 5) is 0. The quantitative estimate of drug-likeness (QED) is 0.363. The Kier molecular flexibility index (Phi) is 20.0. The molecule has 0 aliphatic heterocycles. The van der Waals surface area contributed by atoms with Crippen LogP contribution in [0.15, 0.2) is 0 Å². The second-order valence-electron chi connectivity index (χ2n) is 0.577. The molecular weight excluding hydrogens is 59.0 g/mol. The van der Waals surface area contributed by atoms with E-state index in [1.807, 2.05) is 20.3 Å². The summed E-state index contributed by atoms with van der Waals surface area (Å²) in [6, 6.07) is 0. The molecule has 0 aliphatic rings. The Hall–Kier alpha value is 1.00. The maximum absolute atomic E-state index is 2.00. The fraction of sp³-hybridized carbons (Fsp3) is 0.667. The van der Waals surface area contributed by atoms with Gasteiger partial charge in [-0.15, -0.1) is 0 Å². The van der Waals surface area contributed by atoms with Crippen LogP contribution in [0.5, 0.6) is 0 Å². The molecule has 0 spiro atoms. The molecule has 0 saturated heterocycles. The van der Waals surface area contributed by atoms with Crippen molar-refractivity contribution in [2.24, 2.45) is 0 Å². The molecule has 1 radical (unpaired) electrons. The van der Waals surface area contributed by atoms with Gasteiger partial charge in [0.2, 0.25) is 0 Å². The molecule has 0 heterocycles. The molecule has 0 aromatic heterocycles. The fourth-order valence-corrected chi connectivity index (χ4v) is 0. The first kappa shape index (κ1) is 8.89. The van der Waals surface area contributed by atoms with Crippen molar-refractivity contribution in [1.82, 2.24) is 0 Å². The molecular formula is C3H8Na. The van der Waals surface area contributed by atoms with Crippen molar-refractivity contribution in [3.8, 4) is 0 Å². The molecule has 21 valence electrons. The SMILES string of the molecule is C[CH]C.[NaH]. The molecule has 0 aromatic carbocycles. The predicted molar refractivity (Wildman–Crippen MR) is 22.8 cm³/mol. The first-order chi connectivity index (χ1) is 1.41. The molecule has 0 amide bonds. The van der Waals surface area contributed by atoms with E-state index in [2.05, 4.69) is 0 Å². The van der Waals surface area contributed by atoms with Crippen molar-refractivity contribution in [1.29, 1.82) is 0 Å². The van der Waals surface area contributed by atoms with Crippen molar-refractivity contribution in [3.05, 3.63) is 6.42 Å². The first-order valence-corrected chi connectivity index (χ1v) is 1.15. The summed E-state index contributed by atoms with van der Waals surface area (Å²) in [5.41, 5.74) is 0. The van der Waals surface area contributed by atoms with Gasteiger partial charge >= 0.3 is 29.6 Å². The molecule has 0 fully saturated rings. The van der Waals surface area contributed by atoms with E-state index in [0.717, 1.165) is 0 Å². The molecule has 0 nitrogen and oxygen atoms in total. The molecule has 0 aliphatic carbocycles. The predicted octanol–water partition coefficient (Wildman–Crippen LogP) is 0.582. The van der Waals surface area contributed by atoms with Gasteiger partial charge in [-0.3, -0.25) is 0 Å². The third-order valence-electron chi connectivity index (χ3n) is 0. The summed E-state index contributed by atoms with van der Waals surface area (Å²) < 4.78 is 0. The summed E-state index contributed by atoms with van der Waals surface area (Å²) in [7, 11) is 0. The van der Waals surface area contributed by atoms with Gasteiger partial charge in [0.1, 0.15) is 0 Å². The van der Waals surface area contributed by atoms with Gasteiger partial charge in [-0.25, -0.2) is 0 Å². The van der Waals surface area contributed by atoms with Gasteiger partial charge < -0.3 is 0 Å². The van der Waals surface area contributed by atoms with E-state index in [0.29, 0.717) is 0 Å². The van der Waals surface area contributed by atoms with Crippen LogP contribution in [0.3, 0.4) is 0 Å². The zero-order valence-corrected chi connectivity index (χ0v) is 2.58. The van der Waals surface area contributed by atoms with Crippen LogP contribution in [-0.4, -0.2) is 29.6 Å². The average Bonchev–Trinajstić information content (AvgIpc) is 0.918. The summed E-state index contributed by atoms with van der Waals surface area (Å²) in [6.07, 6.45) is 2.00. The molecule has 0 atom stereocenters. The van der Waals surface area contributed by atoms with Gasteiger partial charge in [0, 0.05) is 0 Å². The number of hydrogen-bond acceptors (Lipinski definition) is 0. The molecule has 0 unspecified atom stereocenters. The van der Waals surface area contributed by atoms with Crippen LogP contribution in [0.1, 0.15) is 13.8 Å². The minimum atomic E-state index is 0. The van der Waals surface area contributed by atoms with Gasteiger partial charge in [0.25, 0.3) is 0 Å². The molecule has 0 aromatic rings. The number of rotatable bonds is 0. The van der Waals surface area contributed by atoms with Gasteiger partial charge in [0.05, 0.1) is 0 Å². The summed E-state index contributed by atoms with van der Waals surface area (Å²) in [5, 5.41) is 0. The Morgan fingerprint density at radius 1 is 1.25 bits per heavy atom. The minimum absolute atomic E-state index is 0. The van der Waals surface area contributed by atoms with Crippen LogP contribution in [0, 0.1) is 6.42 Å². The van der Waals surface area contributed by atoms with Crippen molar-refractivity contribution < 1.29 is 0 Å². The van der Waals surface area contributed by atoms with Gasteiger partial charge in [0.15, 0.2) is 0 Å². The Morgan fingerprint density at radius 3 is 1.25 bits per heavy atom. The van der Waals surface area contributed by atoms with E-state index in [1.165, 1.54) is 0 Å². The first-order valence-electron chi connectivity index (χ1n) is 1.15. The third kappa shape index (κ3) is 12.0. The van der Waals surface area contributed by atoms with Crippen LogP contribution in [0.2, 0.25) is 0 Å². The van der Waals surface area contributed by atoms with E-state index in [9.17, 15) is 0 Å². The van der Waals surface area contributed by atoms with Crippen molar-refractivity contribution in [3.63, 3.8) is 0 Å². The van der Waals surface area contributed by atoms with Crippen molar-refractivity contribution in [2.75, 3.05) is 0 Å². The zero-order chi connectivity index (χ0) is 2.71. The van der Waals surface area contributed by atoms with Crippen LogP contribution in [0.4, 0.5) is 0 Å². The molecule has 0 bridgehead atoms. The summed E-state index contributed by atoms with van der Waals surface area (Å²) in [6.45, 7) is 4.00. The van der Waals surface area contributed by atoms with Gasteiger partial charge in [-0.05, 0) is 6.42 Å². The molecule has 0 rings (SSSR count). The molecule has 4 heavy (non-hydrogen) atoms. The van der Waals surface area contributed by atoms with Crippen LogP contribution >= 0.6 is 0 Å². The topological polar surface area (TPSA) is 0 Å². The summed E-state index contributed by atoms with van der Waals surface area (Å²) >= 11 is 0. The molecule has 0 N–H and O–H groups in total. The molecule has 1 heteroatoms. The second-order valence-corrected chi connectivity index (χ2v) is 0.577. The second kappa shape index (κ2) is 9.00. The van der Waals surface area contributed by atoms with E-state index in [-0.39, 0.29) is 29.6 Å². The van der Waals surface area contributed by atoms with Crippen LogP contribution in [-0.2, 0) is 0 Å². The zero-order valence-electron chi connectivity index (χ0n) is 2.58. The Morgan fingerprint density at radius 2 is 1.25 bits per heavy atom. The maximum atomic E-state index is 2.00. The van der Waals surface area contributed by atoms with Crippen molar-refractivity contribution in [2.45, 2.75) is 13.8 Å². The van der Waals surface area contributed by atoms with Crippen LogP contribution in [0.25, 0.3) is 0 Å². The summed E-state index contributed by atoms with van der Waals surface area (Å²) in [5.74, 6) is 0. The van der Waals surface area contributed by atoms with Gasteiger partial charge in [-0.2, -0.15) is 0 Å². The van der Waals surface area contributed by atoms with Gasteiger partial charge in [-0.1, -0.05) is 13.8 Å². The monoisotopic (exact) mass is 67.1 g/mol. The van der Waals surface area contributed by atoms with E-state index in [1.54, 1.807) is 0 Å². The van der Waals surface area contributed by atoms with E-state index >= 15 is 0 Å². The van der Waals surface area contributed by atoms with Crippen molar-refractivity contribution >= 4 is 29.6 Å². The Labute approximate surface area is 49.9 Å². The van der Waals surface area contributed by atoms with Crippen LogP contribution < -0.4 is 0 Å². The Balaban J connectivity index is 0. The Bertz CT molecular complexity index is 3.25. The average molecular weight is 67.1 g/mol.